The zero-order valence-electron chi connectivity index (χ0n) is 14.7. The smallest absolute Gasteiger partial charge is 0.354 e. The minimum Gasteiger partial charge on any atom is -0.354 e. The van der Waals surface area contributed by atoms with Gasteiger partial charge in [0.05, 0.1) is 24.2 Å². The van der Waals surface area contributed by atoms with E-state index >= 15 is 0 Å². The third kappa shape index (κ3) is 4.96. The number of benzene rings is 1. The maximum Gasteiger partial charge on any atom is 0.416 e. The van der Waals surface area contributed by atoms with E-state index in [4.69, 9.17) is 0 Å². The Balaban J connectivity index is 1.55. The molecule has 0 unspecified atom stereocenters. The molecule has 0 saturated heterocycles. The van der Waals surface area contributed by atoms with Crippen molar-refractivity contribution in [2.24, 2.45) is 0 Å². The first-order chi connectivity index (χ1) is 12.8. The van der Waals surface area contributed by atoms with Gasteiger partial charge >= 0.3 is 6.18 Å². The fourth-order valence-electron chi connectivity index (χ4n) is 3.17. The average molecular weight is 379 g/mol. The van der Waals surface area contributed by atoms with E-state index in [0.717, 1.165) is 49.1 Å². The van der Waals surface area contributed by atoms with E-state index in [1.54, 1.807) is 6.07 Å². The molecular formula is C19H20F3N3O2. The highest BCUT2D eigenvalue weighted by Gasteiger charge is 2.30. The topological polar surface area (TPSA) is 64.0 Å². The van der Waals surface area contributed by atoms with Crippen LogP contribution in [0.15, 0.2) is 35.1 Å². The predicted molar refractivity (Wildman–Crippen MR) is 93.3 cm³/mol. The van der Waals surface area contributed by atoms with Crippen LogP contribution in [-0.4, -0.2) is 22.2 Å². The molecule has 3 rings (SSSR count). The molecule has 1 N–H and O–H groups in total. The summed E-state index contributed by atoms with van der Waals surface area (Å²) in [4.78, 5) is 24.1. The summed E-state index contributed by atoms with van der Waals surface area (Å²) < 4.78 is 39.5. The van der Waals surface area contributed by atoms with Gasteiger partial charge < -0.3 is 5.32 Å². The lowest BCUT2D eigenvalue weighted by atomic mass is 9.97. The van der Waals surface area contributed by atoms with E-state index in [9.17, 15) is 22.8 Å². The lowest BCUT2D eigenvalue weighted by Crippen LogP contribution is -2.33. The lowest BCUT2D eigenvalue weighted by Gasteiger charge is -2.16. The molecular weight excluding hydrogens is 359 g/mol. The van der Waals surface area contributed by atoms with E-state index in [1.807, 2.05) is 0 Å². The third-order valence-corrected chi connectivity index (χ3v) is 4.54. The second-order valence-corrected chi connectivity index (χ2v) is 6.61. The molecule has 27 heavy (non-hydrogen) atoms. The zero-order valence-corrected chi connectivity index (χ0v) is 14.7. The van der Waals surface area contributed by atoms with Crippen LogP contribution >= 0.6 is 0 Å². The summed E-state index contributed by atoms with van der Waals surface area (Å²) in [5.41, 5.74) is 1.22. The summed E-state index contributed by atoms with van der Waals surface area (Å²) in [7, 11) is 0. The van der Waals surface area contributed by atoms with Crippen LogP contribution in [0.25, 0.3) is 0 Å². The van der Waals surface area contributed by atoms with Crippen molar-refractivity contribution in [3.05, 3.63) is 63.1 Å². The van der Waals surface area contributed by atoms with Crippen LogP contribution in [0.3, 0.4) is 0 Å². The van der Waals surface area contributed by atoms with Crippen LogP contribution < -0.4 is 10.9 Å². The second-order valence-electron chi connectivity index (χ2n) is 6.61. The molecule has 0 aliphatic heterocycles. The van der Waals surface area contributed by atoms with E-state index < -0.39 is 17.6 Å². The number of fused-ring (bicyclic) bond motifs is 1. The number of nitrogens with one attached hydrogen (secondary N) is 1. The monoisotopic (exact) mass is 379 g/mol. The van der Waals surface area contributed by atoms with Gasteiger partial charge in [0, 0.05) is 12.6 Å². The number of aryl methyl sites for hydroxylation is 2. The molecule has 5 nitrogen and oxygen atoms in total. The normalized spacial score (nSPS) is 13.9. The van der Waals surface area contributed by atoms with Crippen LogP contribution in [0.1, 0.15) is 35.2 Å². The maximum absolute atomic E-state index is 12.7. The van der Waals surface area contributed by atoms with Gasteiger partial charge in [-0.25, -0.2) is 4.68 Å². The summed E-state index contributed by atoms with van der Waals surface area (Å²) >= 11 is 0. The number of amides is 1. The summed E-state index contributed by atoms with van der Waals surface area (Å²) in [6.45, 7) is 0.407. The van der Waals surface area contributed by atoms with Crippen LogP contribution in [0.5, 0.6) is 0 Å². The van der Waals surface area contributed by atoms with Crippen molar-refractivity contribution in [1.29, 1.82) is 0 Å². The number of nitrogens with zero attached hydrogens (tertiary/aromatic N) is 2. The number of rotatable bonds is 5. The first-order valence-corrected chi connectivity index (χ1v) is 8.86. The summed E-state index contributed by atoms with van der Waals surface area (Å²) in [6.07, 6.45) is -0.776. The first-order valence-electron chi connectivity index (χ1n) is 8.86. The van der Waals surface area contributed by atoms with Crippen molar-refractivity contribution < 1.29 is 18.0 Å². The number of hydrogen-bond donors (Lipinski definition) is 1. The van der Waals surface area contributed by atoms with Gasteiger partial charge in [-0.2, -0.15) is 18.3 Å². The minimum absolute atomic E-state index is 0.156. The van der Waals surface area contributed by atoms with Gasteiger partial charge in [-0.1, -0.05) is 18.2 Å². The molecule has 0 bridgehead atoms. The second kappa shape index (κ2) is 7.94. The molecule has 1 aromatic heterocycles. The SMILES string of the molecule is O=C(Cc1cccc(C(F)(F)F)c1)NCCn1nc2c(cc1=O)CCCC2. The van der Waals surface area contributed by atoms with Gasteiger partial charge in [0.25, 0.3) is 5.56 Å². The predicted octanol–water partition coefficient (Wildman–Crippen LogP) is 2.50. The Kier molecular flexibility index (Phi) is 5.62. The quantitative estimate of drug-likeness (QED) is 0.868. The maximum atomic E-state index is 12.7. The lowest BCUT2D eigenvalue weighted by molar-refractivity contribution is -0.137. The van der Waals surface area contributed by atoms with Crippen molar-refractivity contribution in [2.75, 3.05) is 6.54 Å². The van der Waals surface area contributed by atoms with Gasteiger partial charge in [0.1, 0.15) is 0 Å². The molecule has 2 aromatic rings. The standard InChI is InChI=1S/C19H20F3N3O2/c20-19(21,22)15-6-3-4-13(10-15)11-17(26)23-8-9-25-18(27)12-14-5-1-2-7-16(14)24-25/h3-4,6,10,12H,1-2,5,7-9,11H2,(H,23,26). The van der Waals surface area contributed by atoms with Crippen molar-refractivity contribution in [1.82, 2.24) is 15.1 Å². The number of halogens is 3. The van der Waals surface area contributed by atoms with E-state index in [2.05, 4.69) is 10.4 Å². The Hall–Kier alpha value is -2.64. The highest BCUT2D eigenvalue weighted by atomic mass is 19.4. The molecule has 1 aromatic carbocycles. The molecule has 1 aliphatic carbocycles. The largest absolute Gasteiger partial charge is 0.416 e. The fraction of sp³-hybridized carbons (Fsp3) is 0.421. The summed E-state index contributed by atoms with van der Waals surface area (Å²) in [5, 5.41) is 6.99. The zero-order chi connectivity index (χ0) is 19.4. The van der Waals surface area contributed by atoms with Gasteiger partial charge in [-0.3, -0.25) is 9.59 Å². The molecule has 1 heterocycles. The molecule has 144 valence electrons. The highest BCUT2D eigenvalue weighted by molar-refractivity contribution is 5.78. The molecule has 0 saturated carbocycles. The van der Waals surface area contributed by atoms with Gasteiger partial charge in [-0.15, -0.1) is 0 Å². The fourth-order valence-corrected chi connectivity index (χ4v) is 3.17. The molecule has 1 aliphatic rings. The molecule has 0 fully saturated rings. The first kappa shape index (κ1) is 19.1. The minimum atomic E-state index is -4.44. The molecule has 8 heteroatoms. The molecule has 1 amide bonds. The van der Waals surface area contributed by atoms with Crippen LogP contribution in [0.4, 0.5) is 13.2 Å². The van der Waals surface area contributed by atoms with Crippen LogP contribution in [0, 0.1) is 0 Å². The molecule has 0 atom stereocenters. The van der Waals surface area contributed by atoms with Crippen molar-refractivity contribution in [3.63, 3.8) is 0 Å². The van der Waals surface area contributed by atoms with Gasteiger partial charge in [0.2, 0.25) is 5.91 Å². The van der Waals surface area contributed by atoms with Crippen LogP contribution in [-0.2, 0) is 36.8 Å². The van der Waals surface area contributed by atoms with Gasteiger partial charge in [0.15, 0.2) is 0 Å². The summed E-state index contributed by atoms with van der Waals surface area (Å²) in [6, 6.07) is 6.29. The van der Waals surface area contributed by atoms with E-state index in [0.29, 0.717) is 0 Å². The third-order valence-electron chi connectivity index (χ3n) is 4.54. The van der Waals surface area contributed by atoms with E-state index in [-0.39, 0.29) is 30.6 Å². The highest BCUT2D eigenvalue weighted by Crippen LogP contribution is 2.29. The summed E-state index contributed by atoms with van der Waals surface area (Å²) in [5.74, 6) is -0.402. The number of aromatic nitrogens is 2. The Labute approximate surface area is 154 Å². The number of carbonyl (C=O) groups is 1. The number of hydrogen-bond acceptors (Lipinski definition) is 3. The Bertz CT molecular complexity index is 890. The average Bonchev–Trinajstić information content (AvgIpc) is 2.61. The molecule has 0 radical (unpaired) electrons. The Morgan fingerprint density at radius 1 is 1.19 bits per heavy atom. The van der Waals surface area contributed by atoms with Gasteiger partial charge in [-0.05, 0) is 42.9 Å². The number of carbonyl (C=O) groups excluding carboxylic acids is 1. The van der Waals surface area contributed by atoms with Crippen molar-refractivity contribution >= 4 is 5.91 Å². The molecule has 0 spiro atoms. The number of alkyl halides is 3. The van der Waals surface area contributed by atoms with Crippen LogP contribution in [0.2, 0.25) is 0 Å². The van der Waals surface area contributed by atoms with Crippen molar-refractivity contribution in [2.45, 2.75) is 44.8 Å². The Morgan fingerprint density at radius 2 is 1.96 bits per heavy atom. The Morgan fingerprint density at radius 3 is 2.74 bits per heavy atom. The van der Waals surface area contributed by atoms with E-state index in [1.165, 1.54) is 16.8 Å². The van der Waals surface area contributed by atoms with Crippen molar-refractivity contribution in [3.8, 4) is 0 Å².